The van der Waals surface area contributed by atoms with Crippen LogP contribution in [0.1, 0.15) is 48.9 Å². The van der Waals surface area contributed by atoms with Crippen LogP contribution < -0.4 is 20.9 Å². The van der Waals surface area contributed by atoms with Crippen LogP contribution in [0, 0.1) is 0 Å². The first kappa shape index (κ1) is 20.6. The van der Waals surface area contributed by atoms with Gasteiger partial charge in [-0.2, -0.15) is 0 Å². The van der Waals surface area contributed by atoms with Crippen LogP contribution in [0.15, 0.2) is 41.6 Å². The first-order valence-corrected chi connectivity index (χ1v) is 11.5. The van der Waals surface area contributed by atoms with Gasteiger partial charge in [-0.15, -0.1) is 10.2 Å². The van der Waals surface area contributed by atoms with Crippen LogP contribution in [0.25, 0.3) is 5.70 Å². The molecule has 174 valence electrons. The van der Waals surface area contributed by atoms with Gasteiger partial charge in [0.15, 0.2) is 11.6 Å². The van der Waals surface area contributed by atoms with Crippen molar-refractivity contribution in [2.75, 3.05) is 41.0 Å². The van der Waals surface area contributed by atoms with Gasteiger partial charge in [0.1, 0.15) is 17.7 Å². The molecule has 1 spiro atoms. The number of amides is 1. The van der Waals surface area contributed by atoms with Crippen LogP contribution in [-0.4, -0.2) is 46.2 Å². The van der Waals surface area contributed by atoms with E-state index in [0.717, 1.165) is 24.1 Å². The monoisotopic (exact) mass is 458 g/mol. The third-order valence-electron chi connectivity index (χ3n) is 7.22. The summed E-state index contributed by atoms with van der Waals surface area (Å²) in [6, 6.07) is 7.94. The third kappa shape index (κ3) is 3.12. The lowest BCUT2D eigenvalue weighted by molar-refractivity contribution is -0.121. The number of hydrogen-bond donors (Lipinski definition) is 2. The van der Waals surface area contributed by atoms with Gasteiger partial charge < -0.3 is 25.3 Å². The van der Waals surface area contributed by atoms with E-state index in [1.165, 1.54) is 6.33 Å². The number of carbonyl (C=O) groups is 1. The maximum atomic E-state index is 12.9. The molecule has 2 aliphatic heterocycles. The summed E-state index contributed by atoms with van der Waals surface area (Å²) in [6.45, 7) is 5.42. The number of rotatable bonds is 5. The predicted octanol–water partition coefficient (Wildman–Crippen LogP) is 2.92. The standard InChI is InChI=1S/C24H26N8O2/c1-14(21-29-30-22(34-21)15-7-8-15)31(2)19-18(25)20(27-13-26-19)32-11-9-24(10-12-32)16-5-3-4-6-17(16)28-23(24)33/h3-6,13,15H,1,7-12,25H2,2H3,(H,28,33). The van der Waals surface area contributed by atoms with Crippen LogP contribution in [0.4, 0.5) is 23.0 Å². The molecule has 6 rings (SSSR count). The van der Waals surface area contributed by atoms with Crippen molar-refractivity contribution in [3.05, 3.63) is 54.5 Å². The number of piperidine rings is 1. The summed E-state index contributed by atoms with van der Waals surface area (Å²) in [6.07, 6.45) is 5.02. The minimum Gasteiger partial charge on any atom is -0.419 e. The van der Waals surface area contributed by atoms with E-state index in [9.17, 15) is 4.79 Å². The quantitative estimate of drug-likeness (QED) is 0.593. The van der Waals surface area contributed by atoms with E-state index in [1.807, 2.05) is 31.3 Å². The van der Waals surface area contributed by atoms with Crippen molar-refractivity contribution in [3.63, 3.8) is 0 Å². The maximum Gasteiger partial charge on any atom is 0.263 e. The minimum absolute atomic E-state index is 0.0749. The van der Waals surface area contributed by atoms with Gasteiger partial charge >= 0.3 is 0 Å². The van der Waals surface area contributed by atoms with E-state index in [2.05, 4.69) is 37.0 Å². The minimum atomic E-state index is -0.500. The van der Waals surface area contributed by atoms with Gasteiger partial charge in [-0.05, 0) is 37.3 Å². The highest BCUT2D eigenvalue weighted by atomic mass is 16.4. The Balaban J connectivity index is 1.22. The predicted molar refractivity (Wildman–Crippen MR) is 128 cm³/mol. The van der Waals surface area contributed by atoms with Gasteiger partial charge in [0.25, 0.3) is 5.89 Å². The highest BCUT2D eigenvalue weighted by Gasteiger charge is 2.48. The zero-order valence-electron chi connectivity index (χ0n) is 19.0. The fraction of sp³-hybridized carbons (Fsp3) is 0.375. The summed E-state index contributed by atoms with van der Waals surface area (Å²) in [4.78, 5) is 25.6. The van der Waals surface area contributed by atoms with Gasteiger partial charge in [-0.25, -0.2) is 9.97 Å². The average Bonchev–Trinajstić information content (AvgIpc) is 3.53. The van der Waals surface area contributed by atoms with E-state index in [0.29, 0.717) is 66.7 Å². The van der Waals surface area contributed by atoms with Crippen LogP contribution in [0.5, 0.6) is 0 Å². The summed E-state index contributed by atoms with van der Waals surface area (Å²) >= 11 is 0. The van der Waals surface area contributed by atoms with Gasteiger partial charge in [0, 0.05) is 31.7 Å². The molecule has 1 saturated heterocycles. The number of hydrogen-bond acceptors (Lipinski definition) is 9. The lowest BCUT2D eigenvalue weighted by Gasteiger charge is -2.39. The molecule has 0 atom stereocenters. The van der Waals surface area contributed by atoms with Crippen molar-refractivity contribution < 1.29 is 9.21 Å². The van der Waals surface area contributed by atoms with Crippen molar-refractivity contribution in [1.82, 2.24) is 20.2 Å². The molecule has 0 unspecified atom stereocenters. The molecule has 3 aliphatic rings. The van der Waals surface area contributed by atoms with E-state index < -0.39 is 5.41 Å². The van der Waals surface area contributed by atoms with E-state index in [-0.39, 0.29) is 5.91 Å². The molecule has 10 heteroatoms. The van der Waals surface area contributed by atoms with Gasteiger partial charge in [0.2, 0.25) is 11.8 Å². The second kappa shape index (κ2) is 7.54. The molecular weight excluding hydrogens is 432 g/mol. The second-order valence-corrected chi connectivity index (χ2v) is 9.23. The van der Waals surface area contributed by atoms with E-state index in [4.69, 9.17) is 10.2 Å². The largest absolute Gasteiger partial charge is 0.419 e. The number of para-hydroxylation sites is 1. The van der Waals surface area contributed by atoms with Crippen molar-refractivity contribution in [3.8, 4) is 0 Å². The molecule has 3 aromatic rings. The van der Waals surface area contributed by atoms with Gasteiger partial charge in [-0.1, -0.05) is 24.8 Å². The number of anilines is 4. The molecule has 3 N–H and O–H groups in total. The summed E-state index contributed by atoms with van der Waals surface area (Å²) in [5.41, 5.74) is 9.01. The number of nitrogens with zero attached hydrogens (tertiary/aromatic N) is 6. The Morgan fingerprint density at radius 3 is 2.76 bits per heavy atom. The number of nitrogens with two attached hydrogens (primary N) is 1. The molecule has 2 aromatic heterocycles. The van der Waals surface area contributed by atoms with Crippen molar-refractivity contribution in [1.29, 1.82) is 0 Å². The Bertz CT molecular complexity index is 1290. The molecule has 1 aromatic carbocycles. The Labute approximate surface area is 196 Å². The Morgan fingerprint density at radius 2 is 2.00 bits per heavy atom. The number of nitrogens with one attached hydrogen (secondary N) is 1. The number of nitrogen functional groups attached to an aromatic ring is 1. The molecule has 0 bridgehead atoms. The fourth-order valence-corrected chi connectivity index (χ4v) is 4.98. The molecule has 10 nitrogen and oxygen atoms in total. The smallest absolute Gasteiger partial charge is 0.263 e. The molecule has 4 heterocycles. The number of benzene rings is 1. The number of fused-ring (bicyclic) bond motifs is 2. The third-order valence-corrected chi connectivity index (χ3v) is 7.22. The molecular formula is C24H26N8O2. The summed E-state index contributed by atoms with van der Waals surface area (Å²) in [5.74, 6) is 2.62. The van der Waals surface area contributed by atoms with Crippen molar-refractivity contribution in [2.24, 2.45) is 0 Å². The van der Waals surface area contributed by atoms with Crippen LogP contribution in [0.2, 0.25) is 0 Å². The lowest BCUT2D eigenvalue weighted by atomic mass is 9.73. The summed E-state index contributed by atoms with van der Waals surface area (Å²) < 4.78 is 5.79. The van der Waals surface area contributed by atoms with Gasteiger partial charge in [0.05, 0.1) is 5.41 Å². The summed E-state index contributed by atoms with van der Waals surface area (Å²) in [7, 11) is 1.82. The molecule has 1 aliphatic carbocycles. The summed E-state index contributed by atoms with van der Waals surface area (Å²) in [5, 5.41) is 11.3. The van der Waals surface area contributed by atoms with Crippen LogP contribution in [0.3, 0.4) is 0 Å². The first-order chi connectivity index (χ1) is 16.5. The normalized spacial score (nSPS) is 18.6. The zero-order valence-corrected chi connectivity index (χ0v) is 19.0. The molecule has 2 fully saturated rings. The number of carbonyl (C=O) groups excluding carboxylic acids is 1. The maximum absolute atomic E-state index is 12.9. The van der Waals surface area contributed by atoms with Crippen LogP contribution >= 0.6 is 0 Å². The van der Waals surface area contributed by atoms with Crippen molar-refractivity contribution >= 4 is 34.6 Å². The topological polar surface area (TPSA) is 126 Å². The Morgan fingerprint density at radius 1 is 1.24 bits per heavy atom. The lowest BCUT2D eigenvalue weighted by Crippen LogP contribution is -2.47. The molecule has 0 radical (unpaired) electrons. The average molecular weight is 459 g/mol. The molecule has 1 saturated carbocycles. The highest BCUT2D eigenvalue weighted by Crippen LogP contribution is 2.46. The number of aromatic nitrogens is 4. The van der Waals surface area contributed by atoms with E-state index in [1.54, 1.807) is 4.90 Å². The zero-order chi connectivity index (χ0) is 23.4. The highest BCUT2D eigenvalue weighted by molar-refractivity contribution is 6.06. The molecule has 34 heavy (non-hydrogen) atoms. The van der Waals surface area contributed by atoms with E-state index >= 15 is 0 Å². The van der Waals surface area contributed by atoms with Gasteiger partial charge in [-0.3, -0.25) is 4.79 Å². The fourth-order valence-electron chi connectivity index (χ4n) is 4.98. The Hall–Kier alpha value is -3.95. The SMILES string of the molecule is C=C(c1nnc(C2CC2)o1)N(C)c1ncnc(N2CCC3(CC2)C(=O)Nc2ccccc23)c1N. The van der Waals surface area contributed by atoms with Crippen molar-refractivity contribution in [2.45, 2.75) is 37.0 Å². The molecule has 1 amide bonds. The second-order valence-electron chi connectivity index (χ2n) is 9.23. The first-order valence-electron chi connectivity index (χ1n) is 11.5. The Kier molecular flexibility index (Phi) is 4.58. The van der Waals surface area contributed by atoms with Crippen LogP contribution in [-0.2, 0) is 10.2 Å².